The van der Waals surface area contributed by atoms with Crippen LogP contribution in [0.2, 0.25) is 0 Å². The second-order valence-corrected chi connectivity index (χ2v) is 9.12. The predicted octanol–water partition coefficient (Wildman–Crippen LogP) is 3.21. The van der Waals surface area contributed by atoms with E-state index in [2.05, 4.69) is 15.5 Å². The number of benzene rings is 2. The van der Waals surface area contributed by atoms with E-state index in [0.717, 1.165) is 10.6 Å². The molecule has 0 radical (unpaired) electrons. The molecule has 0 atom stereocenters. The van der Waals surface area contributed by atoms with Crippen LogP contribution in [-0.4, -0.2) is 36.0 Å². The van der Waals surface area contributed by atoms with E-state index in [1.165, 1.54) is 12.1 Å². The molecule has 146 valence electrons. The Balaban J connectivity index is 1.45. The lowest BCUT2D eigenvalue weighted by Crippen LogP contribution is -2.17. The molecule has 2 aromatic carbocycles. The Hall–Kier alpha value is -2.65. The van der Waals surface area contributed by atoms with Crippen molar-refractivity contribution in [3.63, 3.8) is 0 Å². The van der Waals surface area contributed by atoms with Crippen molar-refractivity contribution >= 4 is 33.5 Å². The van der Waals surface area contributed by atoms with Gasteiger partial charge in [-0.2, -0.15) is 0 Å². The van der Waals surface area contributed by atoms with Crippen LogP contribution in [0, 0.1) is 0 Å². The highest BCUT2D eigenvalue weighted by Gasteiger charge is 2.17. The zero-order valence-corrected chi connectivity index (χ0v) is 16.6. The smallest absolute Gasteiger partial charge is 0.322 e. The first-order chi connectivity index (χ1) is 13.5. The second kappa shape index (κ2) is 9.52. The number of carbonyl (C=O) groups is 1. The number of hydrogen-bond donors (Lipinski definition) is 1. The van der Waals surface area contributed by atoms with Crippen molar-refractivity contribution in [3.05, 3.63) is 66.6 Å². The lowest BCUT2D eigenvalue weighted by Gasteiger charge is -2.04. The Kier molecular flexibility index (Phi) is 6.83. The summed E-state index contributed by atoms with van der Waals surface area (Å²) >= 11 is 1.67. The van der Waals surface area contributed by atoms with Crippen LogP contribution in [0.3, 0.4) is 0 Å². The van der Waals surface area contributed by atoms with Crippen LogP contribution in [0.15, 0.2) is 74.9 Å². The van der Waals surface area contributed by atoms with Gasteiger partial charge in [-0.05, 0) is 24.3 Å². The Labute approximate surface area is 167 Å². The van der Waals surface area contributed by atoms with E-state index in [-0.39, 0.29) is 23.1 Å². The van der Waals surface area contributed by atoms with Crippen LogP contribution in [0.4, 0.5) is 6.01 Å². The van der Waals surface area contributed by atoms with E-state index < -0.39 is 15.7 Å². The van der Waals surface area contributed by atoms with Crippen LogP contribution in [0.25, 0.3) is 0 Å². The minimum Gasteiger partial charge on any atom is -0.408 e. The Bertz CT molecular complexity index is 1010. The van der Waals surface area contributed by atoms with Crippen LogP contribution >= 0.6 is 11.8 Å². The molecule has 1 heterocycles. The number of carbonyl (C=O) groups excluding carboxylic acids is 1. The molecular formula is C19H19N3O4S2. The van der Waals surface area contributed by atoms with Gasteiger partial charge in [0.05, 0.1) is 10.6 Å². The maximum atomic E-state index is 12.2. The number of nitrogens with one attached hydrogen (secondary N) is 1. The van der Waals surface area contributed by atoms with Gasteiger partial charge in [0.2, 0.25) is 11.8 Å². The summed E-state index contributed by atoms with van der Waals surface area (Å²) in [6, 6.07) is 18.0. The van der Waals surface area contributed by atoms with Crippen molar-refractivity contribution in [2.75, 3.05) is 16.8 Å². The third-order valence-electron chi connectivity index (χ3n) is 3.74. The number of anilines is 1. The molecule has 0 saturated heterocycles. The average Bonchev–Trinajstić information content (AvgIpc) is 3.15. The highest BCUT2D eigenvalue weighted by Crippen LogP contribution is 2.18. The van der Waals surface area contributed by atoms with Crippen molar-refractivity contribution in [1.82, 2.24) is 10.2 Å². The molecule has 0 aliphatic rings. The Morgan fingerprint density at radius 1 is 1.00 bits per heavy atom. The molecule has 1 N–H and O–H groups in total. The first-order valence-corrected chi connectivity index (χ1v) is 11.2. The monoisotopic (exact) mass is 417 g/mol. The quantitative estimate of drug-likeness (QED) is 0.533. The van der Waals surface area contributed by atoms with Crippen LogP contribution < -0.4 is 5.32 Å². The molecule has 0 aliphatic carbocycles. The van der Waals surface area contributed by atoms with Crippen LogP contribution in [0.1, 0.15) is 12.3 Å². The fourth-order valence-electron chi connectivity index (χ4n) is 2.33. The summed E-state index contributed by atoms with van der Waals surface area (Å²) in [7, 11) is -3.51. The SMILES string of the molecule is O=C(CCS(=O)(=O)c1ccccc1)Nc1nnc(CCSc2ccccc2)o1. The second-order valence-electron chi connectivity index (χ2n) is 5.84. The number of nitrogens with zero attached hydrogens (tertiary/aromatic N) is 2. The minimum atomic E-state index is -3.51. The summed E-state index contributed by atoms with van der Waals surface area (Å²) in [5.74, 6) is 0.385. The molecule has 9 heteroatoms. The summed E-state index contributed by atoms with van der Waals surface area (Å²) in [6.45, 7) is 0. The van der Waals surface area contributed by atoms with Crippen molar-refractivity contribution in [2.24, 2.45) is 0 Å². The number of sulfone groups is 1. The number of hydrogen-bond acceptors (Lipinski definition) is 7. The number of amides is 1. The van der Waals surface area contributed by atoms with Gasteiger partial charge in [-0.15, -0.1) is 16.9 Å². The highest BCUT2D eigenvalue weighted by molar-refractivity contribution is 7.99. The summed E-state index contributed by atoms with van der Waals surface area (Å²) in [6.07, 6.45) is 0.365. The van der Waals surface area contributed by atoms with E-state index in [9.17, 15) is 13.2 Å². The lowest BCUT2D eigenvalue weighted by molar-refractivity contribution is -0.116. The zero-order valence-electron chi connectivity index (χ0n) is 14.9. The third-order valence-corrected chi connectivity index (χ3v) is 6.49. The van der Waals surface area contributed by atoms with Gasteiger partial charge in [0, 0.05) is 23.5 Å². The van der Waals surface area contributed by atoms with Crippen LogP contribution in [-0.2, 0) is 21.1 Å². The molecule has 0 fully saturated rings. The Morgan fingerprint density at radius 2 is 1.68 bits per heavy atom. The number of thioether (sulfide) groups is 1. The van der Waals surface area contributed by atoms with Gasteiger partial charge in [0.1, 0.15) is 0 Å². The molecule has 28 heavy (non-hydrogen) atoms. The van der Waals surface area contributed by atoms with E-state index >= 15 is 0 Å². The fraction of sp³-hybridized carbons (Fsp3) is 0.211. The van der Waals surface area contributed by atoms with E-state index in [1.54, 1.807) is 30.0 Å². The summed E-state index contributed by atoms with van der Waals surface area (Å²) < 4.78 is 29.8. The molecule has 0 bridgehead atoms. The fourth-order valence-corrected chi connectivity index (χ4v) is 4.46. The zero-order chi connectivity index (χ0) is 19.8. The van der Waals surface area contributed by atoms with Gasteiger partial charge in [-0.1, -0.05) is 41.5 Å². The summed E-state index contributed by atoms with van der Waals surface area (Å²) in [4.78, 5) is 13.3. The molecular weight excluding hydrogens is 398 g/mol. The lowest BCUT2D eigenvalue weighted by atomic mass is 10.4. The summed E-state index contributed by atoms with van der Waals surface area (Å²) in [5, 5.41) is 10.1. The number of aromatic nitrogens is 2. The topological polar surface area (TPSA) is 102 Å². The van der Waals surface area contributed by atoms with Gasteiger partial charge >= 0.3 is 6.01 Å². The van der Waals surface area contributed by atoms with E-state index in [0.29, 0.717) is 12.3 Å². The van der Waals surface area contributed by atoms with E-state index in [1.807, 2.05) is 30.3 Å². The highest BCUT2D eigenvalue weighted by atomic mass is 32.2. The molecule has 7 nitrogen and oxygen atoms in total. The van der Waals surface area contributed by atoms with Gasteiger partial charge in [0.25, 0.3) is 0 Å². The van der Waals surface area contributed by atoms with Crippen molar-refractivity contribution in [3.8, 4) is 0 Å². The molecule has 3 rings (SSSR count). The first kappa shape index (κ1) is 20.1. The molecule has 1 aromatic heterocycles. The molecule has 0 spiro atoms. The maximum absolute atomic E-state index is 12.2. The van der Waals surface area contributed by atoms with Gasteiger partial charge in [-0.25, -0.2) is 8.42 Å². The third kappa shape index (κ3) is 5.93. The van der Waals surface area contributed by atoms with Crippen molar-refractivity contribution in [1.29, 1.82) is 0 Å². The van der Waals surface area contributed by atoms with Gasteiger partial charge in [0.15, 0.2) is 9.84 Å². The standard InChI is InChI=1S/C19H19N3O4S2/c23-17(12-14-28(24,25)16-9-5-2-6-10-16)20-19-22-21-18(26-19)11-13-27-15-7-3-1-4-8-15/h1-10H,11-14H2,(H,20,22,23). The van der Waals surface area contributed by atoms with Crippen LogP contribution in [0.5, 0.6) is 0 Å². The van der Waals surface area contributed by atoms with Crippen molar-refractivity contribution < 1.29 is 17.6 Å². The maximum Gasteiger partial charge on any atom is 0.322 e. The van der Waals surface area contributed by atoms with Gasteiger partial charge in [-0.3, -0.25) is 10.1 Å². The van der Waals surface area contributed by atoms with Crippen molar-refractivity contribution in [2.45, 2.75) is 22.6 Å². The van der Waals surface area contributed by atoms with E-state index in [4.69, 9.17) is 4.42 Å². The molecule has 0 saturated carbocycles. The Morgan fingerprint density at radius 3 is 2.39 bits per heavy atom. The number of rotatable bonds is 9. The normalized spacial score (nSPS) is 11.3. The average molecular weight is 418 g/mol. The first-order valence-electron chi connectivity index (χ1n) is 8.61. The molecule has 1 amide bonds. The molecule has 0 unspecified atom stereocenters. The number of aryl methyl sites for hydroxylation is 1. The minimum absolute atomic E-state index is 0.0261. The largest absolute Gasteiger partial charge is 0.408 e. The molecule has 3 aromatic rings. The predicted molar refractivity (Wildman–Crippen MR) is 107 cm³/mol. The van der Waals surface area contributed by atoms with Gasteiger partial charge < -0.3 is 4.42 Å². The molecule has 0 aliphatic heterocycles. The summed E-state index contributed by atoms with van der Waals surface area (Å²) in [5.41, 5.74) is 0.